The number of carbonyl (C=O) groups excluding carboxylic acids is 2. The Kier molecular flexibility index (Phi) is 6.11. The summed E-state index contributed by atoms with van der Waals surface area (Å²) in [6.45, 7) is 2.34. The Morgan fingerprint density at radius 1 is 1.07 bits per heavy atom. The Bertz CT molecular complexity index is 890. The summed E-state index contributed by atoms with van der Waals surface area (Å²) in [6, 6.07) is 9.75. The Morgan fingerprint density at radius 2 is 1.72 bits per heavy atom. The van der Waals surface area contributed by atoms with Crippen molar-refractivity contribution in [2.24, 2.45) is 0 Å². The fourth-order valence-corrected chi connectivity index (χ4v) is 3.48. The number of fused-ring (bicyclic) bond motifs is 1. The molecule has 0 saturated carbocycles. The highest BCUT2D eigenvalue weighted by molar-refractivity contribution is 6.08. The standard InChI is InChI=1S/C21H25N3O5/c1-5-22-20(25)16-10-13-8-6-7-9-15(13)24(16)21(26)23-14-11-17(27-2)19(29-4)18(12-14)28-3/h6-9,11-12,16H,5,10H2,1-4H3,(H,22,25)(H,23,26)/t16-/m0/s1. The molecule has 0 bridgehead atoms. The number of nitrogens with zero attached hydrogens (tertiary/aromatic N) is 1. The predicted molar refractivity (Wildman–Crippen MR) is 110 cm³/mol. The molecule has 0 aliphatic carbocycles. The highest BCUT2D eigenvalue weighted by atomic mass is 16.5. The Hall–Kier alpha value is -3.42. The van der Waals surface area contributed by atoms with Crippen molar-refractivity contribution in [1.29, 1.82) is 0 Å². The fraction of sp³-hybridized carbons (Fsp3) is 0.333. The second kappa shape index (κ2) is 8.72. The number of rotatable bonds is 6. The van der Waals surface area contributed by atoms with Crippen LogP contribution in [0.3, 0.4) is 0 Å². The first-order valence-corrected chi connectivity index (χ1v) is 9.29. The van der Waals surface area contributed by atoms with Crippen LogP contribution in [0.5, 0.6) is 17.2 Å². The van der Waals surface area contributed by atoms with Gasteiger partial charge in [0.05, 0.1) is 27.0 Å². The number of benzene rings is 2. The number of carbonyl (C=O) groups is 2. The molecule has 1 aliphatic rings. The van der Waals surface area contributed by atoms with Crippen molar-refractivity contribution >= 4 is 23.3 Å². The molecule has 1 atom stereocenters. The molecule has 0 saturated heterocycles. The minimum Gasteiger partial charge on any atom is -0.493 e. The summed E-state index contributed by atoms with van der Waals surface area (Å²) >= 11 is 0. The molecular weight excluding hydrogens is 374 g/mol. The number of methoxy groups -OCH3 is 3. The molecule has 3 rings (SSSR count). The number of hydrogen-bond acceptors (Lipinski definition) is 5. The van der Waals surface area contributed by atoms with Gasteiger partial charge in [0.15, 0.2) is 11.5 Å². The minimum atomic E-state index is -0.616. The van der Waals surface area contributed by atoms with Crippen LogP contribution in [0.2, 0.25) is 0 Å². The number of urea groups is 1. The van der Waals surface area contributed by atoms with E-state index in [1.165, 1.54) is 26.2 Å². The smallest absolute Gasteiger partial charge is 0.327 e. The highest BCUT2D eigenvalue weighted by Crippen LogP contribution is 2.40. The first kappa shape index (κ1) is 20.3. The molecular formula is C21H25N3O5. The summed E-state index contributed by atoms with van der Waals surface area (Å²) in [4.78, 5) is 27.2. The molecule has 0 aromatic heterocycles. The molecule has 2 aromatic rings. The van der Waals surface area contributed by atoms with Crippen LogP contribution < -0.4 is 29.7 Å². The largest absolute Gasteiger partial charge is 0.493 e. The van der Waals surface area contributed by atoms with Gasteiger partial charge in [0.25, 0.3) is 0 Å². The van der Waals surface area contributed by atoms with Gasteiger partial charge in [-0.15, -0.1) is 0 Å². The Labute approximate surface area is 169 Å². The second-order valence-corrected chi connectivity index (χ2v) is 6.46. The lowest BCUT2D eigenvalue weighted by atomic mass is 10.1. The van der Waals surface area contributed by atoms with Gasteiger partial charge < -0.3 is 24.8 Å². The predicted octanol–water partition coefficient (Wildman–Crippen LogP) is 2.81. The summed E-state index contributed by atoms with van der Waals surface area (Å²) in [7, 11) is 4.52. The van der Waals surface area contributed by atoms with E-state index in [1.807, 2.05) is 31.2 Å². The van der Waals surface area contributed by atoms with Crippen molar-refractivity contribution in [1.82, 2.24) is 5.32 Å². The number of likely N-dealkylation sites (N-methyl/N-ethyl adjacent to an activating group) is 1. The van der Waals surface area contributed by atoms with Crippen molar-refractivity contribution in [3.63, 3.8) is 0 Å². The van der Waals surface area contributed by atoms with Crippen LogP contribution in [0.4, 0.5) is 16.2 Å². The van der Waals surface area contributed by atoms with Gasteiger partial charge in [-0.05, 0) is 18.6 Å². The third-order valence-electron chi connectivity index (χ3n) is 4.76. The van der Waals surface area contributed by atoms with Gasteiger partial charge in [-0.3, -0.25) is 9.69 Å². The summed E-state index contributed by atoms with van der Waals surface area (Å²) < 4.78 is 16.0. The molecule has 8 heteroatoms. The van der Waals surface area contributed by atoms with Crippen LogP contribution in [-0.4, -0.2) is 45.9 Å². The molecule has 0 fully saturated rings. The van der Waals surface area contributed by atoms with E-state index in [0.29, 0.717) is 41.6 Å². The minimum absolute atomic E-state index is 0.191. The average molecular weight is 399 g/mol. The van der Waals surface area contributed by atoms with Crippen LogP contribution in [0.15, 0.2) is 36.4 Å². The van der Waals surface area contributed by atoms with Gasteiger partial charge in [-0.25, -0.2) is 4.79 Å². The van der Waals surface area contributed by atoms with Crippen molar-refractivity contribution in [2.75, 3.05) is 38.1 Å². The van der Waals surface area contributed by atoms with Gasteiger partial charge >= 0.3 is 6.03 Å². The van der Waals surface area contributed by atoms with E-state index >= 15 is 0 Å². The molecule has 2 N–H and O–H groups in total. The average Bonchev–Trinajstić information content (AvgIpc) is 3.13. The SMILES string of the molecule is CCNC(=O)[C@@H]1Cc2ccccc2N1C(=O)Nc1cc(OC)c(OC)c(OC)c1. The van der Waals surface area contributed by atoms with Crippen molar-refractivity contribution in [3.8, 4) is 17.2 Å². The number of ether oxygens (including phenoxy) is 3. The van der Waals surface area contributed by atoms with Gasteiger partial charge in [-0.2, -0.15) is 0 Å². The van der Waals surface area contributed by atoms with Crippen LogP contribution in [0, 0.1) is 0 Å². The lowest BCUT2D eigenvalue weighted by molar-refractivity contribution is -0.122. The van der Waals surface area contributed by atoms with E-state index in [4.69, 9.17) is 14.2 Å². The first-order chi connectivity index (χ1) is 14.0. The van der Waals surface area contributed by atoms with Gasteiger partial charge in [0, 0.05) is 30.8 Å². The normalized spacial score (nSPS) is 14.8. The van der Waals surface area contributed by atoms with Crippen LogP contribution in [0.1, 0.15) is 12.5 Å². The maximum Gasteiger partial charge on any atom is 0.327 e. The highest BCUT2D eigenvalue weighted by Gasteiger charge is 2.38. The molecule has 1 aliphatic heterocycles. The summed E-state index contributed by atoms with van der Waals surface area (Å²) in [6.07, 6.45) is 0.463. The van der Waals surface area contributed by atoms with Gasteiger partial charge in [0.1, 0.15) is 6.04 Å². The number of nitrogens with one attached hydrogen (secondary N) is 2. The molecule has 1 heterocycles. The van der Waals surface area contributed by atoms with Crippen LogP contribution in [-0.2, 0) is 11.2 Å². The number of para-hydroxylation sites is 1. The van der Waals surface area contributed by atoms with E-state index in [1.54, 1.807) is 12.1 Å². The number of anilines is 2. The lowest BCUT2D eigenvalue weighted by Crippen LogP contribution is -2.49. The number of hydrogen-bond donors (Lipinski definition) is 2. The Balaban J connectivity index is 1.93. The molecule has 8 nitrogen and oxygen atoms in total. The molecule has 3 amide bonds. The Morgan fingerprint density at radius 3 is 2.31 bits per heavy atom. The van der Waals surface area contributed by atoms with E-state index in [9.17, 15) is 9.59 Å². The quantitative estimate of drug-likeness (QED) is 0.780. The summed E-state index contributed by atoms with van der Waals surface area (Å²) in [5.74, 6) is 1.08. The van der Waals surface area contributed by atoms with Crippen molar-refractivity contribution < 1.29 is 23.8 Å². The second-order valence-electron chi connectivity index (χ2n) is 6.46. The number of amides is 3. The third-order valence-corrected chi connectivity index (χ3v) is 4.76. The maximum absolute atomic E-state index is 13.2. The van der Waals surface area contributed by atoms with Crippen molar-refractivity contribution in [2.45, 2.75) is 19.4 Å². The lowest BCUT2D eigenvalue weighted by Gasteiger charge is -2.25. The monoisotopic (exact) mass is 399 g/mol. The molecule has 0 spiro atoms. The first-order valence-electron chi connectivity index (χ1n) is 9.29. The van der Waals surface area contributed by atoms with Crippen molar-refractivity contribution in [3.05, 3.63) is 42.0 Å². The van der Waals surface area contributed by atoms with E-state index in [-0.39, 0.29) is 5.91 Å². The van der Waals surface area contributed by atoms with E-state index in [0.717, 1.165) is 5.56 Å². The molecule has 0 radical (unpaired) electrons. The topological polar surface area (TPSA) is 89.1 Å². The zero-order chi connectivity index (χ0) is 21.0. The van der Waals surface area contributed by atoms with Crippen LogP contribution in [0.25, 0.3) is 0 Å². The summed E-state index contributed by atoms with van der Waals surface area (Å²) in [5.41, 5.74) is 2.13. The molecule has 2 aromatic carbocycles. The zero-order valence-electron chi connectivity index (χ0n) is 16.9. The molecule has 29 heavy (non-hydrogen) atoms. The van der Waals surface area contributed by atoms with E-state index in [2.05, 4.69) is 10.6 Å². The van der Waals surface area contributed by atoms with Gasteiger partial charge in [-0.1, -0.05) is 18.2 Å². The summed E-state index contributed by atoms with van der Waals surface area (Å²) in [5, 5.41) is 5.65. The molecule has 0 unspecified atom stereocenters. The fourth-order valence-electron chi connectivity index (χ4n) is 3.48. The molecule has 154 valence electrons. The third kappa shape index (κ3) is 3.91. The van der Waals surface area contributed by atoms with Crippen LogP contribution >= 0.6 is 0 Å². The zero-order valence-corrected chi connectivity index (χ0v) is 16.9. The maximum atomic E-state index is 13.2. The van der Waals surface area contributed by atoms with E-state index < -0.39 is 12.1 Å². The van der Waals surface area contributed by atoms with Gasteiger partial charge in [0.2, 0.25) is 11.7 Å².